The first-order chi connectivity index (χ1) is 6.20. The summed E-state index contributed by atoms with van der Waals surface area (Å²) in [6.07, 6.45) is 0.622. The van der Waals surface area contributed by atoms with Crippen LogP contribution in [-0.2, 0) is 0 Å². The Morgan fingerprint density at radius 3 is 2.85 bits per heavy atom. The van der Waals surface area contributed by atoms with Gasteiger partial charge in [-0.15, -0.1) is 0 Å². The molecule has 4 heteroatoms. The number of phenols is 1. The summed E-state index contributed by atoms with van der Waals surface area (Å²) >= 11 is 0. The molecule has 3 N–H and O–H groups in total. The fourth-order valence-electron chi connectivity index (χ4n) is 1.00. The van der Waals surface area contributed by atoms with Crippen molar-refractivity contribution in [2.24, 2.45) is 0 Å². The van der Waals surface area contributed by atoms with Crippen LogP contribution >= 0.6 is 0 Å². The minimum atomic E-state index is -0.0510. The second kappa shape index (κ2) is 3.80. The Hall–Kier alpha value is -1.71. The van der Waals surface area contributed by atoms with Gasteiger partial charge in [-0.05, 0) is 19.1 Å². The topological polar surface area (TPSA) is 72.5 Å². The molecule has 0 saturated carbocycles. The molecule has 0 atom stereocenters. The number of nitrogen functional groups attached to an aromatic ring is 1. The minimum Gasteiger partial charge on any atom is -0.504 e. The standard InChI is InChI=1S/C9H11NO3/c1-2-13-9-7(12)4-3-6(5-11)8(9)10/h3-5,12H,2,10H2,1H3. The van der Waals surface area contributed by atoms with E-state index in [0.29, 0.717) is 18.5 Å². The van der Waals surface area contributed by atoms with E-state index in [2.05, 4.69) is 0 Å². The Morgan fingerprint density at radius 1 is 1.62 bits per heavy atom. The highest BCUT2D eigenvalue weighted by Crippen LogP contribution is 2.34. The van der Waals surface area contributed by atoms with Gasteiger partial charge in [-0.25, -0.2) is 0 Å². The molecule has 1 rings (SSSR count). The van der Waals surface area contributed by atoms with Crippen LogP contribution in [0.4, 0.5) is 5.69 Å². The third-order valence-electron chi connectivity index (χ3n) is 1.62. The van der Waals surface area contributed by atoms with Gasteiger partial charge in [0.1, 0.15) is 0 Å². The molecule has 0 aromatic heterocycles. The van der Waals surface area contributed by atoms with Gasteiger partial charge in [0.05, 0.1) is 12.3 Å². The zero-order valence-electron chi connectivity index (χ0n) is 7.28. The van der Waals surface area contributed by atoms with Gasteiger partial charge in [-0.3, -0.25) is 4.79 Å². The van der Waals surface area contributed by atoms with Gasteiger partial charge in [-0.2, -0.15) is 0 Å². The summed E-state index contributed by atoms with van der Waals surface area (Å²) in [4.78, 5) is 10.5. The Labute approximate surface area is 75.9 Å². The monoisotopic (exact) mass is 181 g/mol. The van der Waals surface area contributed by atoms with Crippen molar-refractivity contribution in [3.63, 3.8) is 0 Å². The number of rotatable bonds is 3. The fraction of sp³-hybridized carbons (Fsp3) is 0.222. The fourth-order valence-corrected chi connectivity index (χ4v) is 1.00. The van der Waals surface area contributed by atoms with Crippen molar-refractivity contribution in [2.45, 2.75) is 6.92 Å². The van der Waals surface area contributed by atoms with E-state index in [-0.39, 0.29) is 17.2 Å². The number of aromatic hydroxyl groups is 1. The van der Waals surface area contributed by atoms with Gasteiger partial charge >= 0.3 is 0 Å². The molecule has 13 heavy (non-hydrogen) atoms. The molecule has 1 aromatic carbocycles. The Morgan fingerprint density at radius 2 is 2.31 bits per heavy atom. The van der Waals surface area contributed by atoms with Crippen LogP contribution in [0.3, 0.4) is 0 Å². The molecular formula is C9H11NO3. The molecule has 0 fully saturated rings. The van der Waals surface area contributed by atoms with Gasteiger partial charge in [-0.1, -0.05) is 0 Å². The van der Waals surface area contributed by atoms with Crippen LogP contribution in [0.2, 0.25) is 0 Å². The minimum absolute atomic E-state index is 0.0510. The lowest BCUT2D eigenvalue weighted by Crippen LogP contribution is -2.00. The molecule has 1 aromatic rings. The van der Waals surface area contributed by atoms with E-state index >= 15 is 0 Å². The maximum absolute atomic E-state index is 10.5. The number of carbonyl (C=O) groups excluding carboxylic acids is 1. The average Bonchev–Trinajstić information content (AvgIpc) is 2.12. The molecule has 0 saturated heterocycles. The van der Waals surface area contributed by atoms with E-state index in [1.165, 1.54) is 12.1 Å². The summed E-state index contributed by atoms with van der Waals surface area (Å²) in [5.74, 6) is 0.122. The first-order valence-corrected chi connectivity index (χ1v) is 3.90. The predicted molar refractivity (Wildman–Crippen MR) is 49.1 cm³/mol. The van der Waals surface area contributed by atoms with Crippen LogP contribution in [0.1, 0.15) is 17.3 Å². The van der Waals surface area contributed by atoms with Crippen LogP contribution in [0.25, 0.3) is 0 Å². The second-order valence-electron chi connectivity index (χ2n) is 2.47. The SMILES string of the molecule is CCOc1c(O)ccc(C=O)c1N. The zero-order valence-corrected chi connectivity index (χ0v) is 7.28. The lowest BCUT2D eigenvalue weighted by molar-refractivity contribution is 0.112. The highest BCUT2D eigenvalue weighted by Gasteiger charge is 2.10. The summed E-state index contributed by atoms with van der Waals surface area (Å²) in [5, 5.41) is 9.32. The molecule has 4 nitrogen and oxygen atoms in total. The molecule has 0 aliphatic carbocycles. The number of phenolic OH excluding ortho intramolecular Hbond substituents is 1. The van der Waals surface area contributed by atoms with Gasteiger partial charge in [0.2, 0.25) is 0 Å². The zero-order chi connectivity index (χ0) is 9.84. The second-order valence-corrected chi connectivity index (χ2v) is 2.47. The number of aldehydes is 1. The van der Waals surface area contributed by atoms with Crippen molar-refractivity contribution in [1.82, 2.24) is 0 Å². The highest BCUT2D eigenvalue weighted by molar-refractivity contribution is 5.87. The molecule has 0 aliphatic heterocycles. The lowest BCUT2D eigenvalue weighted by atomic mass is 10.1. The smallest absolute Gasteiger partial charge is 0.184 e. The largest absolute Gasteiger partial charge is 0.504 e. The molecule has 0 heterocycles. The van der Waals surface area contributed by atoms with E-state index in [1.807, 2.05) is 0 Å². The van der Waals surface area contributed by atoms with E-state index in [9.17, 15) is 9.90 Å². The third kappa shape index (κ3) is 1.72. The molecule has 0 bridgehead atoms. The number of hydrogen-bond acceptors (Lipinski definition) is 4. The predicted octanol–water partition coefficient (Wildman–Crippen LogP) is 1.19. The van der Waals surface area contributed by atoms with E-state index in [1.54, 1.807) is 6.92 Å². The summed E-state index contributed by atoms with van der Waals surface area (Å²) in [7, 11) is 0. The van der Waals surface area contributed by atoms with Crippen LogP contribution in [0.5, 0.6) is 11.5 Å². The number of benzene rings is 1. The van der Waals surface area contributed by atoms with Gasteiger partial charge in [0.15, 0.2) is 17.8 Å². The normalized spacial score (nSPS) is 9.62. The first-order valence-electron chi connectivity index (χ1n) is 3.90. The van der Waals surface area contributed by atoms with Gasteiger partial charge < -0.3 is 15.6 Å². The molecule has 0 radical (unpaired) electrons. The van der Waals surface area contributed by atoms with Crippen molar-refractivity contribution in [3.05, 3.63) is 17.7 Å². The molecule has 0 spiro atoms. The summed E-state index contributed by atoms with van der Waals surface area (Å²) < 4.78 is 5.08. The number of carbonyl (C=O) groups is 1. The molecule has 0 unspecified atom stereocenters. The number of anilines is 1. The summed E-state index contributed by atoms with van der Waals surface area (Å²) in [6.45, 7) is 2.16. The van der Waals surface area contributed by atoms with E-state index in [0.717, 1.165) is 0 Å². The quantitative estimate of drug-likeness (QED) is 0.542. The number of nitrogens with two attached hydrogens (primary N) is 1. The van der Waals surface area contributed by atoms with Crippen molar-refractivity contribution >= 4 is 12.0 Å². The van der Waals surface area contributed by atoms with E-state index < -0.39 is 0 Å². The Bertz CT molecular complexity index is 323. The van der Waals surface area contributed by atoms with Crippen LogP contribution in [0, 0.1) is 0 Å². The number of hydrogen-bond donors (Lipinski definition) is 2. The maximum atomic E-state index is 10.5. The van der Waals surface area contributed by atoms with Gasteiger partial charge in [0, 0.05) is 5.56 Å². The number of ether oxygens (including phenoxy) is 1. The molecular weight excluding hydrogens is 170 g/mol. The molecule has 70 valence electrons. The summed E-state index contributed by atoms with van der Waals surface area (Å²) in [6, 6.07) is 2.82. The molecule has 0 aliphatic rings. The first kappa shape index (κ1) is 9.38. The highest BCUT2D eigenvalue weighted by atomic mass is 16.5. The van der Waals surface area contributed by atoms with Crippen LogP contribution in [-0.4, -0.2) is 18.0 Å². The average molecular weight is 181 g/mol. The lowest BCUT2D eigenvalue weighted by Gasteiger charge is -2.09. The maximum Gasteiger partial charge on any atom is 0.184 e. The molecule has 0 amide bonds. The van der Waals surface area contributed by atoms with Crippen molar-refractivity contribution in [1.29, 1.82) is 0 Å². The van der Waals surface area contributed by atoms with Crippen molar-refractivity contribution in [3.8, 4) is 11.5 Å². The van der Waals surface area contributed by atoms with Crippen LogP contribution in [0.15, 0.2) is 12.1 Å². The van der Waals surface area contributed by atoms with Gasteiger partial charge in [0.25, 0.3) is 0 Å². The van der Waals surface area contributed by atoms with Crippen molar-refractivity contribution < 1.29 is 14.6 Å². The third-order valence-corrected chi connectivity index (χ3v) is 1.62. The summed E-state index contributed by atoms with van der Waals surface area (Å²) in [5.41, 5.74) is 6.06. The van der Waals surface area contributed by atoms with Crippen molar-refractivity contribution in [2.75, 3.05) is 12.3 Å². The Kier molecular flexibility index (Phi) is 2.74. The van der Waals surface area contributed by atoms with Crippen LogP contribution < -0.4 is 10.5 Å². The Balaban J connectivity index is 3.21. The van der Waals surface area contributed by atoms with E-state index in [4.69, 9.17) is 10.5 Å².